The number of carbonyl (C=O) groups excluding carboxylic acids is 2. The molecule has 2 N–H and O–H groups in total. The smallest absolute Gasteiger partial charge is 0.410 e. The molecule has 0 spiro atoms. The number of H-pyrrole nitrogens is 2. The predicted molar refractivity (Wildman–Crippen MR) is 98.9 cm³/mol. The van der Waals surface area contributed by atoms with Crippen molar-refractivity contribution in [2.45, 2.75) is 0 Å². The maximum atomic E-state index is 12.7. The lowest BCUT2D eigenvalue weighted by molar-refractivity contribution is 0.0633. The molecule has 1 aliphatic rings. The van der Waals surface area contributed by atoms with E-state index in [0.29, 0.717) is 48.5 Å². The maximum Gasteiger partial charge on any atom is 0.415 e. The number of imidazole rings is 1. The molecule has 0 bridgehead atoms. The van der Waals surface area contributed by atoms with Gasteiger partial charge in [-0.05, 0) is 30.3 Å². The Kier molecular flexibility index (Phi) is 4.37. The number of hydrogen-bond donors (Lipinski definition) is 2. The van der Waals surface area contributed by atoms with E-state index in [9.17, 15) is 14.4 Å². The number of piperazine rings is 1. The van der Waals surface area contributed by atoms with E-state index in [1.54, 1.807) is 52.3 Å². The lowest BCUT2D eigenvalue weighted by Gasteiger charge is -2.34. The summed E-state index contributed by atoms with van der Waals surface area (Å²) in [7, 11) is 0. The van der Waals surface area contributed by atoms with Gasteiger partial charge in [0.2, 0.25) is 0 Å². The molecule has 27 heavy (non-hydrogen) atoms. The minimum absolute atomic E-state index is 0.130. The van der Waals surface area contributed by atoms with Crippen LogP contribution in [0.25, 0.3) is 11.0 Å². The predicted octanol–water partition coefficient (Wildman–Crippen LogP) is 1.81. The van der Waals surface area contributed by atoms with E-state index in [1.807, 2.05) is 6.07 Å². The normalized spacial score (nSPS) is 14.4. The Morgan fingerprint density at radius 1 is 0.852 bits per heavy atom. The SMILES string of the molecule is O=C(Oc1ccccc1)N1CCN(C(=O)c2ccc3[nH]c(=O)[nH]c3c2)CC1. The van der Waals surface area contributed by atoms with E-state index < -0.39 is 6.09 Å². The summed E-state index contributed by atoms with van der Waals surface area (Å²) in [5.74, 6) is 0.366. The van der Waals surface area contributed by atoms with Crippen molar-refractivity contribution in [1.29, 1.82) is 0 Å². The molecule has 0 atom stereocenters. The summed E-state index contributed by atoms with van der Waals surface area (Å²) in [5, 5.41) is 0. The first-order valence-corrected chi connectivity index (χ1v) is 8.63. The van der Waals surface area contributed by atoms with Crippen LogP contribution in [-0.2, 0) is 0 Å². The summed E-state index contributed by atoms with van der Waals surface area (Å²) in [6.07, 6.45) is -0.417. The number of hydrogen-bond acceptors (Lipinski definition) is 4. The Morgan fingerprint density at radius 2 is 1.52 bits per heavy atom. The lowest BCUT2D eigenvalue weighted by Crippen LogP contribution is -2.51. The molecule has 3 aromatic rings. The number of aromatic nitrogens is 2. The molecule has 8 heteroatoms. The number of aromatic amines is 2. The van der Waals surface area contributed by atoms with Crippen molar-refractivity contribution in [1.82, 2.24) is 19.8 Å². The van der Waals surface area contributed by atoms with Gasteiger partial charge in [0.25, 0.3) is 5.91 Å². The summed E-state index contributed by atoms with van der Waals surface area (Å²) < 4.78 is 5.33. The minimum atomic E-state index is -0.417. The summed E-state index contributed by atoms with van der Waals surface area (Å²) in [5.41, 5.74) is 1.44. The molecule has 1 fully saturated rings. The van der Waals surface area contributed by atoms with Crippen LogP contribution in [0.3, 0.4) is 0 Å². The van der Waals surface area contributed by atoms with Crippen molar-refractivity contribution in [3.05, 3.63) is 64.6 Å². The van der Waals surface area contributed by atoms with Gasteiger partial charge in [-0.3, -0.25) is 4.79 Å². The lowest BCUT2D eigenvalue weighted by atomic mass is 10.1. The van der Waals surface area contributed by atoms with E-state index in [2.05, 4.69) is 9.97 Å². The van der Waals surface area contributed by atoms with Gasteiger partial charge in [0, 0.05) is 31.7 Å². The number of nitrogens with zero attached hydrogens (tertiary/aromatic N) is 2. The Hall–Kier alpha value is -3.55. The van der Waals surface area contributed by atoms with E-state index in [4.69, 9.17) is 4.74 Å². The monoisotopic (exact) mass is 366 g/mol. The third kappa shape index (κ3) is 3.55. The van der Waals surface area contributed by atoms with Gasteiger partial charge >= 0.3 is 11.8 Å². The molecular weight excluding hydrogens is 348 g/mol. The fourth-order valence-corrected chi connectivity index (χ4v) is 3.09. The number of amides is 2. The van der Waals surface area contributed by atoms with Crippen LogP contribution in [0.5, 0.6) is 5.75 Å². The molecule has 1 aromatic heterocycles. The number of ether oxygens (including phenoxy) is 1. The molecule has 0 unspecified atom stereocenters. The third-order valence-electron chi connectivity index (χ3n) is 4.54. The molecule has 8 nitrogen and oxygen atoms in total. The number of fused-ring (bicyclic) bond motifs is 1. The summed E-state index contributed by atoms with van der Waals surface area (Å²) >= 11 is 0. The Morgan fingerprint density at radius 3 is 2.26 bits per heavy atom. The zero-order valence-corrected chi connectivity index (χ0v) is 14.5. The van der Waals surface area contributed by atoms with Crippen LogP contribution in [0.1, 0.15) is 10.4 Å². The van der Waals surface area contributed by atoms with Crippen LogP contribution < -0.4 is 10.4 Å². The van der Waals surface area contributed by atoms with Gasteiger partial charge < -0.3 is 24.5 Å². The van der Waals surface area contributed by atoms with Crippen molar-refractivity contribution < 1.29 is 14.3 Å². The quantitative estimate of drug-likeness (QED) is 0.723. The second-order valence-corrected chi connectivity index (χ2v) is 6.30. The average molecular weight is 366 g/mol. The molecule has 0 saturated carbocycles. The van der Waals surface area contributed by atoms with Crippen LogP contribution >= 0.6 is 0 Å². The highest BCUT2D eigenvalue weighted by molar-refractivity contribution is 5.97. The van der Waals surface area contributed by atoms with Crippen molar-refractivity contribution in [2.75, 3.05) is 26.2 Å². The standard InChI is InChI=1S/C19H18N4O4/c24-17(13-6-7-15-16(12-13)21-18(25)20-15)22-8-10-23(11-9-22)19(26)27-14-4-2-1-3-5-14/h1-7,12H,8-11H2,(H2,20,21,25). The van der Waals surface area contributed by atoms with E-state index in [1.165, 1.54) is 0 Å². The largest absolute Gasteiger partial charge is 0.415 e. The fraction of sp³-hybridized carbons (Fsp3) is 0.211. The first-order valence-electron chi connectivity index (χ1n) is 8.63. The van der Waals surface area contributed by atoms with Crippen molar-refractivity contribution >= 4 is 23.0 Å². The summed E-state index contributed by atoms with van der Waals surface area (Å²) in [6, 6.07) is 13.9. The topological polar surface area (TPSA) is 98.5 Å². The van der Waals surface area contributed by atoms with Gasteiger partial charge in [-0.2, -0.15) is 0 Å². The summed E-state index contributed by atoms with van der Waals surface area (Å²) in [4.78, 5) is 44.9. The maximum absolute atomic E-state index is 12.7. The van der Waals surface area contributed by atoms with Gasteiger partial charge in [-0.25, -0.2) is 9.59 Å². The van der Waals surface area contributed by atoms with Crippen LogP contribution in [0, 0.1) is 0 Å². The Bertz CT molecular complexity index is 1030. The number of para-hydroxylation sites is 1. The second kappa shape index (κ2) is 6.99. The van der Waals surface area contributed by atoms with Crippen molar-refractivity contribution in [3.63, 3.8) is 0 Å². The van der Waals surface area contributed by atoms with Gasteiger partial charge in [0.05, 0.1) is 11.0 Å². The highest BCUT2D eigenvalue weighted by Crippen LogP contribution is 2.15. The number of nitrogens with one attached hydrogen (secondary N) is 2. The molecule has 1 saturated heterocycles. The molecule has 2 amide bonds. The molecule has 2 heterocycles. The molecule has 1 aliphatic heterocycles. The highest BCUT2D eigenvalue weighted by Gasteiger charge is 2.26. The molecule has 2 aromatic carbocycles. The highest BCUT2D eigenvalue weighted by atomic mass is 16.6. The van der Waals surface area contributed by atoms with E-state index in [0.717, 1.165) is 0 Å². The van der Waals surface area contributed by atoms with E-state index in [-0.39, 0.29) is 11.6 Å². The molecule has 0 aliphatic carbocycles. The van der Waals surface area contributed by atoms with Crippen molar-refractivity contribution in [3.8, 4) is 5.75 Å². The minimum Gasteiger partial charge on any atom is -0.410 e. The third-order valence-corrected chi connectivity index (χ3v) is 4.54. The molecule has 138 valence electrons. The van der Waals surface area contributed by atoms with Crippen LogP contribution in [0.2, 0.25) is 0 Å². The Labute approximate surface area is 154 Å². The van der Waals surface area contributed by atoms with Gasteiger partial charge in [-0.15, -0.1) is 0 Å². The van der Waals surface area contributed by atoms with Crippen LogP contribution in [-0.4, -0.2) is 57.9 Å². The number of carbonyl (C=O) groups is 2. The fourth-order valence-electron chi connectivity index (χ4n) is 3.09. The van der Waals surface area contributed by atoms with Gasteiger partial charge in [0.1, 0.15) is 5.75 Å². The zero-order chi connectivity index (χ0) is 18.8. The second-order valence-electron chi connectivity index (χ2n) is 6.30. The first kappa shape index (κ1) is 16.9. The molecular formula is C19H18N4O4. The van der Waals surface area contributed by atoms with Crippen LogP contribution in [0.4, 0.5) is 4.79 Å². The molecule has 0 radical (unpaired) electrons. The van der Waals surface area contributed by atoms with Gasteiger partial charge in [-0.1, -0.05) is 18.2 Å². The number of rotatable bonds is 2. The van der Waals surface area contributed by atoms with Crippen molar-refractivity contribution in [2.24, 2.45) is 0 Å². The molecule has 4 rings (SSSR count). The van der Waals surface area contributed by atoms with E-state index >= 15 is 0 Å². The number of benzene rings is 2. The van der Waals surface area contributed by atoms with Crippen LogP contribution in [0.15, 0.2) is 53.3 Å². The Balaban J connectivity index is 1.38. The zero-order valence-electron chi connectivity index (χ0n) is 14.5. The first-order chi connectivity index (χ1) is 13.1. The average Bonchev–Trinajstić information content (AvgIpc) is 3.07. The van der Waals surface area contributed by atoms with Gasteiger partial charge in [0.15, 0.2) is 0 Å². The summed E-state index contributed by atoms with van der Waals surface area (Å²) in [6.45, 7) is 1.65.